The molecule has 3 heterocycles. The Balaban J connectivity index is 1.31. The minimum atomic E-state index is -0.372. The van der Waals surface area contributed by atoms with Crippen LogP contribution in [0.5, 0.6) is 0 Å². The predicted octanol–water partition coefficient (Wildman–Crippen LogP) is 6.88. The molecule has 3 aromatic heterocycles. The number of thiophene rings is 1. The van der Waals surface area contributed by atoms with Crippen LogP contribution in [0.25, 0.3) is 26.9 Å². The number of pyridine rings is 1. The molecule has 44 heavy (non-hydrogen) atoms. The van der Waals surface area contributed by atoms with Gasteiger partial charge in [-0.3, -0.25) is 14.4 Å². The number of nitrogens with zero attached hydrogens (tertiary/aromatic N) is 3. The van der Waals surface area contributed by atoms with Crippen molar-refractivity contribution in [2.24, 2.45) is 7.05 Å². The van der Waals surface area contributed by atoms with Gasteiger partial charge in [-0.05, 0) is 78.0 Å². The van der Waals surface area contributed by atoms with Crippen LogP contribution < -0.4 is 21.5 Å². The molecule has 3 N–H and O–H groups in total. The van der Waals surface area contributed by atoms with Crippen LogP contribution in [-0.4, -0.2) is 26.2 Å². The molecule has 2 amide bonds. The van der Waals surface area contributed by atoms with Crippen LogP contribution in [0.2, 0.25) is 0 Å². The maximum Gasteiger partial charge on any atom is 0.274 e. The summed E-state index contributed by atoms with van der Waals surface area (Å²) in [4.78, 5) is 39.1. The van der Waals surface area contributed by atoms with Crippen LogP contribution in [0, 0.1) is 6.92 Å². The number of nitrogens with one attached hydrogen (secondary N) is 3. The number of fused-ring (bicyclic) bond motifs is 1. The lowest BCUT2D eigenvalue weighted by atomic mass is 10.00. The molecule has 6 aromatic rings. The van der Waals surface area contributed by atoms with Crippen molar-refractivity contribution in [1.29, 1.82) is 0 Å². The molecule has 0 unspecified atom stereocenters. The number of amides is 2. The first kappa shape index (κ1) is 28.4. The van der Waals surface area contributed by atoms with E-state index in [4.69, 9.17) is 0 Å². The molecule has 3 aromatic carbocycles. The van der Waals surface area contributed by atoms with Gasteiger partial charge in [-0.25, -0.2) is 4.68 Å². The van der Waals surface area contributed by atoms with E-state index in [-0.39, 0.29) is 17.4 Å². The molecular formula is C34H28N6O3S. The van der Waals surface area contributed by atoms with E-state index < -0.39 is 0 Å². The van der Waals surface area contributed by atoms with E-state index in [2.05, 4.69) is 27.6 Å². The maximum atomic E-state index is 13.2. The summed E-state index contributed by atoms with van der Waals surface area (Å²) in [6.45, 7) is 5.48. The second-order valence-electron chi connectivity index (χ2n) is 10.1. The largest absolute Gasteiger partial charge is 0.351 e. The van der Waals surface area contributed by atoms with Gasteiger partial charge in [-0.2, -0.15) is 5.10 Å². The zero-order valence-corrected chi connectivity index (χ0v) is 24.8. The van der Waals surface area contributed by atoms with E-state index in [1.165, 1.54) is 22.0 Å². The summed E-state index contributed by atoms with van der Waals surface area (Å²) >= 11 is 1.45. The van der Waals surface area contributed by atoms with Crippen molar-refractivity contribution in [3.05, 3.63) is 131 Å². The van der Waals surface area contributed by atoms with Crippen molar-refractivity contribution in [3.8, 4) is 16.8 Å². The van der Waals surface area contributed by atoms with E-state index in [0.717, 1.165) is 26.8 Å². The highest BCUT2D eigenvalue weighted by Crippen LogP contribution is 2.32. The molecule has 0 fully saturated rings. The summed E-state index contributed by atoms with van der Waals surface area (Å²) in [5.41, 5.74) is 5.07. The van der Waals surface area contributed by atoms with Crippen molar-refractivity contribution in [2.75, 3.05) is 16.0 Å². The third kappa shape index (κ3) is 5.66. The minimum absolute atomic E-state index is 0.174. The second kappa shape index (κ2) is 11.9. The van der Waals surface area contributed by atoms with Crippen LogP contribution in [-0.2, 0) is 11.8 Å². The topological polar surface area (TPSA) is 110 Å². The molecule has 0 aliphatic carbocycles. The molecule has 9 nitrogen and oxygen atoms in total. The van der Waals surface area contributed by atoms with Crippen LogP contribution >= 0.6 is 11.3 Å². The highest BCUT2D eigenvalue weighted by molar-refractivity contribution is 7.20. The highest BCUT2D eigenvalue weighted by Gasteiger charge is 2.16. The summed E-state index contributed by atoms with van der Waals surface area (Å²) in [5, 5.41) is 14.4. The molecule has 0 saturated carbocycles. The van der Waals surface area contributed by atoms with Crippen molar-refractivity contribution in [1.82, 2.24) is 14.3 Å². The SMILES string of the molecule is C=CC(=O)Nc1cc(Nc2cc(-c3cccc(NC(=O)c4cc5ccccc5s4)c3C)cn(C)c2=O)ccc1-n1cccn1. The fourth-order valence-electron chi connectivity index (χ4n) is 4.97. The number of benzene rings is 3. The Morgan fingerprint density at radius 2 is 1.77 bits per heavy atom. The Kier molecular flexibility index (Phi) is 7.65. The molecule has 218 valence electrons. The van der Waals surface area contributed by atoms with Gasteiger partial charge in [0.1, 0.15) is 5.69 Å². The summed E-state index contributed by atoms with van der Waals surface area (Å²) < 4.78 is 4.20. The first-order valence-corrected chi connectivity index (χ1v) is 14.6. The Bertz CT molecular complexity index is 2080. The number of anilines is 4. The molecular weight excluding hydrogens is 572 g/mol. The van der Waals surface area contributed by atoms with Gasteiger partial charge in [0.2, 0.25) is 5.91 Å². The molecule has 0 aliphatic rings. The molecule has 6 rings (SSSR count). The first-order valence-electron chi connectivity index (χ1n) is 13.8. The molecule has 10 heteroatoms. The summed E-state index contributed by atoms with van der Waals surface area (Å²) in [6.07, 6.45) is 6.37. The Labute approximate surface area is 257 Å². The van der Waals surface area contributed by atoms with Crippen LogP contribution in [0.4, 0.5) is 22.7 Å². The third-order valence-electron chi connectivity index (χ3n) is 7.20. The molecule has 0 bridgehead atoms. The van der Waals surface area contributed by atoms with Crippen LogP contribution in [0.1, 0.15) is 15.2 Å². The maximum absolute atomic E-state index is 13.2. The van der Waals surface area contributed by atoms with Gasteiger partial charge in [0.15, 0.2) is 0 Å². The fraction of sp³-hybridized carbons (Fsp3) is 0.0588. The van der Waals surface area contributed by atoms with Crippen molar-refractivity contribution < 1.29 is 9.59 Å². The van der Waals surface area contributed by atoms with Gasteiger partial charge in [0.25, 0.3) is 11.5 Å². The van der Waals surface area contributed by atoms with Gasteiger partial charge in [-0.15, -0.1) is 11.3 Å². The van der Waals surface area contributed by atoms with E-state index in [9.17, 15) is 14.4 Å². The fourth-order valence-corrected chi connectivity index (χ4v) is 5.93. The van der Waals surface area contributed by atoms with E-state index >= 15 is 0 Å². The number of hydrogen-bond acceptors (Lipinski definition) is 6. The number of carbonyl (C=O) groups is 2. The highest BCUT2D eigenvalue weighted by atomic mass is 32.1. The lowest BCUT2D eigenvalue weighted by molar-refractivity contribution is -0.111. The van der Waals surface area contributed by atoms with E-state index in [1.54, 1.807) is 54.6 Å². The van der Waals surface area contributed by atoms with Crippen molar-refractivity contribution in [2.45, 2.75) is 6.92 Å². The van der Waals surface area contributed by atoms with Gasteiger partial charge in [0.05, 0.1) is 16.3 Å². The van der Waals surface area contributed by atoms with Crippen molar-refractivity contribution >= 4 is 56.0 Å². The molecule has 0 radical (unpaired) electrons. The number of rotatable bonds is 8. The second-order valence-corrected chi connectivity index (χ2v) is 11.2. The summed E-state index contributed by atoms with van der Waals surface area (Å²) in [7, 11) is 1.69. The number of aromatic nitrogens is 3. The summed E-state index contributed by atoms with van der Waals surface area (Å²) in [5.74, 6) is -0.546. The monoisotopic (exact) mass is 600 g/mol. The molecule has 0 spiro atoms. The first-order chi connectivity index (χ1) is 21.3. The van der Waals surface area contributed by atoms with E-state index in [1.807, 2.05) is 61.5 Å². The smallest absolute Gasteiger partial charge is 0.274 e. The lowest BCUT2D eigenvalue weighted by Gasteiger charge is -2.16. The van der Waals surface area contributed by atoms with Crippen LogP contribution in [0.3, 0.4) is 0 Å². The third-order valence-corrected chi connectivity index (χ3v) is 8.31. The summed E-state index contributed by atoms with van der Waals surface area (Å²) in [6, 6.07) is 24.4. The zero-order chi connectivity index (χ0) is 30.8. The van der Waals surface area contributed by atoms with Crippen molar-refractivity contribution in [3.63, 3.8) is 0 Å². The molecule has 0 aliphatic heterocycles. The van der Waals surface area contributed by atoms with Gasteiger partial charge < -0.3 is 20.5 Å². The van der Waals surface area contributed by atoms with Crippen LogP contribution in [0.15, 0.2) is 115 Å². The number of aryl methyl sites for hydroxylation is 1. The average Bonchev–Trinajstić information content (AvgIpc) is 3.71. The normalized spacial score (nSPS) is 10.9. The average molecular weight is 601 g/mol. The standard InChI is InChI=1S/C34H28N6O3S/c1-4-32(41)37-27-19-24(13-14-29(27)40-16-8-15-35-40)36-28-17-23(20-39(3)34(28)43)25-10-7-11-26(21(25)2)38-33(42)31-18-22-9-5-6-12-30(22)44-31/h4-20,36H,1H2,2-3H3,(H,37,41)(H,38,42). The molecule has 0 saturated heterocycles. The predicted molar refractivity (Wildman–Crippen MR) is 177 cm³/mol. The Morgan fingerprint density at radius 1 is 0.932 bits per heavy atom. The Morgan fingerprint density at radius 3 is 2.55 bits per heavy atom. The van der Waals surface area contributed by atoms with Gasteiger partial charge in [-0.1, -0.05) is 36.9 Å². The molecule has 0 atom stereocenters. The minimum Gasteiger partial charge on any atom is -0.351 e. The van der Waals surface area contributed by atoms with Gasteiger partial charge >= 0.3 is 0 Å². The Hall–Kier alpha value is -5.74. The quantitative estimate of drug-likeness (QED) is 0.165. The lowest BCUT2D eigenvalue weighted by Crippen LogP contribution is -2.19. The van der Waals surface area contributed by atoms with Gasteiger partial charge in [0, 0.05) is 47.3 Å². The number of carbonyl (C=O) groups excluding carboxylic acids is 2. The number of hydrogen-bond donors (Lipinski definition) is 3. The van der Waals surface area contributed by atoms with E-state index in [0.29, 0.717) is 33.3 Å². The zero-order valence-electron chi connectivity index (χ0n) is 24.0.